The number of allylic oxidation sites excluding steroid dienone is 2. The lowest BCUT2D eigenvalue weighted by molar-refractivity contribution is 0.256. The molecule has 0 spiro atoms. The number of amides is 2. The second-order valence-electron chi connectivity index (χ2n) is 9.10. The van der Waals surface area contributed by atoms with Gasteiger partial charge in [0.25, 0.3) is 10.0 Å². The lowest BCUT2D eigenvalue weighted by atomic mass is 9.99. The molecule has 3 aliphatic carbocycles. The van der Waals surface area contributed by atoms with E-state index in [2.05, 4.69) is 16.1 Å². The zero-order valence-corrected chi connectivity index (χ0v) is 19.3. The van der Waals surface area contributed by atoms with Crippen LogP contribution in [0, 0.1) is 5.41 Å². The van der Waals surface area contributed by atoms with E-state index < -0.39 is 27.1 Å². The number of aryl methyl sites for hydroxylation is 2. The molecule has 1 fully saturated rings. The Morgan fingerprint density at radius 3 is 2.22 bits per heavy atom. The molecule has 1 unspecified atom stereocenters. The third-order valence-corrected chi connectivity index (χ3v) is 8.37. The summed E-state index contributed by atoms with van der Waals surface area (Å²) in [7, 11) is -4.36. The molecule has 6 nitrogen and oxygen atoms in total. The number of carbonyl (C=O) groups is 1. The predicted octanol–water partition coefficient (Wildman–Crippen LogP) is 5.10. The smallest absolute Gasteiger partial charge is 0.307 e. The lowest BCUT2D eigenvalue weighted by Crippen LogP contribution is -2.37. The zero-order valence-electron chi connectivity index (χ0n) is 18.4. The third kappa shape index (κ3) is 4.75. The average Bonchev–Trinajstić information content (AvgIpc) is 3.41. The summed E-state index contributed by atoms with van der Waals surface area (Å²) in [5.41, 5.74) is 5.53. The molecule has 1 aromatic rings. The monoisotopic (exact) mass is 461 g/mol. The molecule has 0 aromatic heterocycles. The number of anilines is 1. The van der Waals surface area contributed by atoms with Crippen molar-refractivity contribution in [2.75, 3.05) is 5.32 Å². The first-order valence-corrected chi connectivity index (χ1v) is 13.3. The molecule has 32 heavy (non-hydrogen) atoms. The normalized spacial score (nSPS) is 22.7. The van der Waals surface area contributed by atoms with Crippen molar-refractivity contribution in [1.82, 2.24) is 4.72 Å². The van der Waals surface area contributed by atoms with Gasteiger partial charge >= 0.3 is 6.03 Å². The third-order valence-electron chi connectivity index (χ3n) is 6.96. The second-order valence-corrected chi connectivity index (χ2v) is 10.8. The molecular weight excluding hydrogens is 429 g/mol. The minimum atomic E-state index is -4.36. The molecular formula is C24H32FN3O3S. The Balaban J connectivity index is 1.58. The number of benzene rings is 1. The largest absolute Gasteiger partial charge is 0.333 e. The Morgan fingerprint density at radius 1 is 0.938 bits per heavy atom. The first-order valence-electron chi connectivity index (χ1n) is 11.8. The molecule has 174 valence electrons. The summed E-state index contributed by atoms with van der Waals surface area (Å²) in [5.74, 6) is 0. The van der Waals surface area contributed by atoms with Gasteiger partial charge in [0.15, 0.2) is 0 Å². The van der Waals surface area contributed by atoms with E-state index in [-0.39, 0.29) is 18.4 Å². The van der Waals surface area contributed by atoms with E-state index in [0.717, 1.165) is 74.6 Å². The molecule has 0 radical (unpaired) electrons. The molecule has 1 saturated carbocycles. The zero-order chi connectivity index (χ0) is 22.7. The van der Waals surface area contributed by atoms with Crippen LogP contribution in [0.15, 0.2) is 16.5 Å². The number of urea groups is 1. The summed E-state index contributed by atoms with van der Waals surface area (Å²) in [6, 6.07) is 1.39. The Hall–Kier alpha value is -2.22. The van der Waals surface area contributed by atoms with Gasteiger partial charge in [-0.3, -0.25) is 0 Å². The summed E-state index contributed by atoms with van der Waals surface area (Å²) < 4.78 is 42.9. The number of alkyl halides is 1. The van der Waals surface area contributed by atoms with Crippen molar-refractivity contribution in [3.8, 4) is 0 Å². The summed E-state index contributed by atoms with van der Waals surface area (Å²) in [5, 5.41) is 10.5. The van der Waals surface area contributed by atoms with Gasteiger partial charge in [0.1, 0.15) is 11.1 Å². The van der Waals surface area contributed by atoms with E-state index in [1.807, 2.05) is 0 Å². The Morgan fingerprint density at radius 2 is 1.56 bits per heavy atom. The van der Waals surface area contributed by atoms with Crippen LogP contribution in [0.5, 0.6) is 0 Å². The number of halogens is 1. The summed E-state index contributed by atoms with van der Waals surface area (Å²) >= 11 is 0. The maximum Gasteiger partial charge on any atom is 0.333 e. The Kier molecular flexibility index (Phi) is 6.98. The van der Waals surface area contributed by atoms with Gasteiger partial charge in [-0.15, -0.1) is 0 Å². The van der Waals surface area contributed by atoms with Crippen molar-refractivity contribution in [2.45, 2.75) is 89.6 Å². The summed E-state index contributed by atoms with van der Waals surface area (Å²) in [6.07, 6.45) is 9.70. The van der Waals surface area contributed by atoms with E-state index in [1.54, 1.807) is 0 Å². The van der Waals surface area contributed by atoms with Crippen LogP contribution in [0.3, 0.4) is 0 Å². The lowest BCUT2D eigenvalue weighted by Gasteiger charge is -2.18. The second kappa shape index (κ2) is 9.73. The molecule has 0 saturated heterocycles. The highest BCUT2D eigenvalue weighted by molar-refractivity contribution is 7.94. The van der Waals surface area contributed by atoms with E-state index in [4.69, 9.17) is 5.41 Å². The molecule has 2 amide bonds. The minimum Gasteiger partial charge on any atom is -0.307 e. The fraction of sp³-hybridized carbons (Fsp3) is 0.583. The standard InChI is InChI=1S/C24H32FN3O3S/c25-21-13-5-3-1-2-4-10-20(21)22(15-26)32(30,31)28-24(29)27-23-18-11-6-8-16(18)14-17-9-7-12-19(17)23/h14-15,21,26H,1-13H2,(H2,27,28,29)/b22-20-,26-15?. The Bertz CT molecular complexity index is 1020. The summed E-state index contributed by atoms with van der Waals surface area (Å²) in [6.45, 7) is 0. The molecule has 0 aliphatic heterocycles. The maximum atomic E-state index is 14.9. The average molecular weight is 462 g/mol. The van der Waals surface area contributed by atoms with Gasteiger partial charge in [0, 0.05) is 11.9 Å². The van der Waals surface area contributed by atoms with E-state index >= 15 is 0 Å². The number of hydrogen-bond acceptors (Lipinski definition) is 4. The highest BCUT2D eigenvalue weighted by atomic mass is 32.2. The first-order chi connectivity index (χ1) is 15.4. The van der Waals surface area contributed by atoms with E-state index in [9.17, 15) is 17.6 Å². The molecule has 8 heteroatoms. The SMILES string of the molecule is N=C/C(=C1\CCCCCCCC1F)S(=O)(=O)NC(=O)Nc1c2c(cc3c1CCC3)CCC2. The topological polar surface area (TPSA) is 99.1 Å². The highest BCUT2D eigenvalue weighted by Gasteiger charge is 2.29. The number of hydrogen-bond donors (Lipinski definition) is 3. The summed E-state index contributed by atoms with van der Waals surface area (Å²) in [4.78, 5) is 12.4. The van der Waals surface area contributed by atoms with Crippen LogP contribution in [0.25, 0.3) is 0 Å². The number of fused-ring (bicyclic) bond motifs is 2. The van der Waals surface area contributed by atoms with Crippen molar-refractivity contribution in [3.05, 3.63) is 38.8 Å². The van der Waals surface area contributed by atoms with Crippen molar-refractivity contribution >= 4 is 28.0 Å². The van der Waals surface area contributed by atoms with Crippen LogP contribution in [0.2, 0.25) is 0 Å². The van der Waals surface area contributed by atoms with Gasteiger partial charge in [-0.25, -0.2) is 22.3 Å². The Labute approximate surface area is 189 Å². The highest BCUT2D eigenvalue weighted by Crippen LogP contribution is 2.38. The van der Waals surface area contributed by atoms with Crippen molar-refractivity contribution in [1.29, 1.82) is 5.41 Å². The first kappa shape index (κ1) is 23.0. The van der Waals surface area contributed by atoms with Crippen LogP contribution in [0.4, 0.5) is 14.9 Å². The van der Waals surface area contributed by atoms with Gasteiger partial charge in [-0.2, -0.15) is 0 Å². The van der Waals surface area contributed by atoms with E-state index in [0.29, 0.717) is 19.1 Å². The number of sulfonamides is 1. The molecule has 1 atom stereocenters. The van der Waals surface area contributed by atoms with Gasteiger partial charge in [0.2, 0.25) is 0 Å². The molecule has 4 rings (SSSR count). The van der Waals surface area contributed by atoms with Crippen molar-refractivity contribution in [3.63, 3.8) is 0 Å². The van der Waals surface area contributed by atoms with Gasteiger partial charge < -0.3 is 10.7 Å². The predicted molar refractivity (Wildman–Crippen MR) is 125 cm³/mol. The van der Waals surface area contributed by atoms with Gasteiger partial charge in [-0.1, -0.05) is 31.7 Å². The maximum absolute atomic E-state index is 14.9. The fourth-order valence-corrected chi connectivity index (χ4v) is 6.54. The molecule has 3 aliphatic rings. The van der Waals surface area contributed by atoms with Crippen LogP contribution in [-0.4, -0.2) is 26.8 Å². The number of carbonyl (C=O) groups excluding carboxylic acids is 1. The van der Waals surface area contributed by atoms with Gasteiger partial charge in [0.05, 0.1) is 0 Å². The fourth-order valence-electron chi connectivity index (χ4n) is 5.40. The van der Waals surface area contributed by atoms with Crippen LogP contribution >= 0.6 is 0 Å². The van der Waals surface area contributed by atoms with Crippen LogP contribution in [-0.2, 0) is 35.7 Å². The quantitative estimate of drug-likeness (QED) is 0.544. The van der Waals surface area contributed by atoms with E-state index in [1.165, 1.54) is 11.1 Å². The van der Waals surface area contributed by atoms with Crippen molar-refractivity contribution < 1.29 is 17.6 Å². The van der Waals surface area contributed by atoms with Crippen molar-refractivity contribution in [2.24, 2.45) is 0 Å². The number of rotatable bonds is 4. The van der Waals surface area contributed by atoms with Gasteiger partial charge in [-0.05, 0) is 85.6 Å². The van der Waals surface area contributed by atoms with Crippen LogP contribution < -0.4 is 10.0 Å². The number of nitrogens with one attached hydrogen (secondary N) is 3. The van der Waals surface area contributed by atoms with Crippen LogP contribution in [0.1, 0.15) is 80.0 Å². The minimum absolute atomic E-state index is 0.115. The molecule has 0 heterocycles. The molecule has 0 bridgehead atoms. The molecule has 3 N–H and O–H groups in total. The molecule has 1 aromatic carbocycles.